The fourth-order valence-electron chi connectivity index (χ4n) is 4.29. The summed E-state index contributed by atoms with van der Waals surface area (Å²) in [4.78, 5) is 0. The lowest BCUT2D eigenvalue weighted by Gasteiger charge is -2.54. The molecule has 4 heteroatoms. The minimum atomic E-state index is 0.371. The standard InChI is InChI=1S/C17H29N3O/c1-5-10-18-14-11-15(17(14)8-6-7-9-17)21-16-12(2)19-20(4)13(16)3/h14-15,18H,5-11H2,1-4H3. The number of rotatable bonds is 5. The van der Waals surface area contributed by atoms with Crippen LogP contribution in [0.1, 0.15) is 56.8 Å². The van der Waals surface area contributed by atoms with Crippen molar-refractivity contribution in [3.63, 3.8) is 0 Å². The van der Waals surface area contributed by atoms with Gasteiger partial charge in [0.2, 0.25) is 0 Å². The minimum Gasteiger partial charge on any atom is -0.486 e. The third-order valence-corrected chi connectivity index (χ3v) is 5.66. The summed E-state index contributed by atoms with van der Waals surface area (Å²) in [5.74, 6) is 1.02. The Morgan fingerprint density at radius 1 is 1.33 bits per heavy atom. The van der Waals surface area contributed by atoms with Gasteiger partial charge in [-0.25, -0.2) is 0 Å². The number of aromatic nitrogens is 2. The smallest absolute Gasteiger partial charge is 0.163 e. The van der Waals surface area contributed by atoms with Crippen LogP contribution < -0.4 is 10.1 Å². The zero-order chi connectivity index (χ0) is 15.0. The second kappa shape index (κ2) is 5.64. The highest BCUT2D eigenvalue weighted by Crippen LogP contribution is 2.55. The molecule has 1 aromatic heterocycles. The predicted molar refractivity (Wildman–Crippen MR) is 84.7 cm³/mol. The second-order valence-corrected chi connectivity index (χ2v) is 6.91. The van der Waals surface area contributed by atoms with Gasteiger partial charge in [0.15, 0.2) is 5.75 Å². The van der Waals surface area contributed by atoms with E-state index in [1.54, 1.807) is 0 Å². The molecule has 2 fully saturated rings. The summed E-state index contributed by atoms with van der Waals surface area (Å²) in [5.41, 5.74) is 2.54. The fraction of sp³-hybridized carbons (Fsp3) is 0.824. The van der Waals surface area contributed by atoms with E-state index in [2.05, 4.69) is 31.2 Å². The van der Waals surface area contributed by atoms with Crippen molar-refractivity contribution in [3.05, 3.63) is 11.4 Å². The van der Waals surface area contributed by atoms with E-state index in [0.717, 1.165) is 30.1 Å². The average Bonchev–Trinajstić information content (AvgIpc) is 3.04. The minimum absolute atomic E-state index is 0.371. The van der Waals surface area contributed by atoms with Crippen LogP contribution in [0.2, 0.25) is 0 Å². The number of ether oxygens (including phenoxy) is 1. The van der Waals surface area contributed by atoms with E-state index in [-0.39, 0.29) is 0 Å². The van der Waals surface area contributed by atoms with Gasteiger partial charge in [-0.2, -0.15) is 5.10 Å². The lowest BCUT2D eigenvalue weighted by Crippen LogP contribution is -2.63. The maximum Gasteiger partial charge on any atom is 0.163 e. The van der Waals surface area contributed by atoms with Crippen molar-refractivity contribution >= 4 is 0 Å². The van der Waals surface area contributed by atoms with E-state index in [1.807, 2.05) is 11.7 Å². The van der Waals surface area contributed by atoms with Gasteiger partial charge in [0.05, 0.1) is 5.69 Å². The SMILES string of the molecule is CCCNC1CC(Oc2c(C)nn(C)c2C)C12CCCC2. The summed E-state index contributed by atoms with van der Waals surface area (Å²) in [6, 6.07) is 0.655. The Kier molecular flexibility index (Phi) is 4.00. The first-order valence-corrected chi connectivity index (χ1v) is 8.48. The molecule has 4 nitrogen and oxygen atoms in total. The van der Waals surface area contributed by atoms with Crippen LogP contribution in [0.3, 0.4) is 0 Å². The quantitative estimate of drug-likeness (QED) is 0.906. The first kappa shape index (κ1) is 14.9. The molecule has 0 radical (unpaired) electrons. The summed E-state index contributed by atoms with van der Waals surface area (Å²) < 4.78 is 8.39. The van der Waals surface area contributed by atoms with Gasteiger partial charge in [-0.1, -0.05) is 19.8 Å². The summed E-state index contributed by atoms with van der Waals surface area (Å²) in [7, 11) is 1.99. The highest BCUT2D eigenvalue weighted by molar-refractivity contribution is 5.33. The molecule has 2 saturated carbocycles. The van der Waals surface area contributed by atoms with Crippen LogP contribution in [0.4, 0.5) is 0 Å². The second-order valence-electron chi connectivity index (χ2n) is 6.91. The lowest BCUT2D eigenvalue weighted by molar-refractivity contribution is -0.0765. The Labute approximate surface area is 128 Å². The monoisotopic (exact) mass is 291 g/mol. The number of hydrogen-bond donors (Lipinski definition) is 1. The molecular weight excluding hydrogens is 262 g/mol. The molecule has 1 spiro atoms. The molecule has 0 amide bonds. The highest BCUT2D eigenvalue weighted by atomic mass is 16.5. The van der Waals surface area contributed by atoms with E-state index in [9.17, 15) is 0 Å². The summed E-state index contributed by atoms with van der Waals surface area (Å²) in [6.45, 7) is 7.52. The number of aryl methyl sites for hydroxylation is 2. The average molecular weight is 291 g/mol. The van der Waals surface area contributed by atoms with Crippen molar-refractivity contribution in [1.29, 1.82) is 0 Å². The summed E-state index contributed by atoms with van der Waals surface area (Å²) in [6.07, 6.45) is 8.07. The summed E-state index contributed by atoms with van der Waals surface area (Å²) >= 11 is 0. The molecule has 1 N–H and O–H groups in total. The molecule has 1 heterocycles. The van der Waals surface area contributed by atoms with E-state index >= 15 is 0 Å². The Hall–Kier alpha value is -1.03. The molecule has 0 saturated heterocycles. The van der Waals surface area contributed by atoms with Crippen molar-refractivity contribution in [2.75, 3.05) is 6.54 Å². The molecule has 3 rings (SSSR count). The van der Waals surface area contributed by atoms with Crippen LogP contribution in [-0.4, -0.2) is 28.5 Å². The number of nitrogens with one attached hydrogen (secondary N) is 1. The van der Waals surface area contributed by atoms with Crippen molar-refractivity contribution in [1.82, 2.24) is 15.1 Å². The van der Waals surface area contributed by atoms with Crippen molar-refractivity contribution < 1.29 is 4.74 Å². The predicted octanol–water partition coefficient (Wildman–Crippen LogP) is 3.12. The largest absolute Gasteiger partial charge is 0.486 e. The Morgan fingerprint density at radius 2 is 2.05 bits per heavy atom. The van der Waals surface area contributed by atoms with E-state index in [0.29, 0.717) is 17.6 Å². The lowest BCUT2D eigenvalue weighted by atomic mass is 9.60. The fourth-order valence-corrected chi connectivity index (χ4v) is 4.29. The maximum absolute atomic E-state index is 6.46. The van der Waals surface area contributed by atoms with Crippen LogP contribution in [-0.2, 0) is 7.05 Å². The molecule has 118 valence electrons. The van der Waals surface area contributed by atoms with E-state index in [4.69, 9.17) is 4.74 Å². The normalized spacial score (nSPS) is 27.0. The molecule has 0 aliphatic heterocycles. The van der Waals surface area contributed by atoms with Crippen molar-refractivity contribution in [2.24, 2.45) is 12.5 Å². The van der Waals surface area contributed by atoms with Gasteiger partial charge in [-0.05, 0) is 39.7 Å². The van der Waals surface area contributed by atoms with Gasteiger partial charge in [-0.3, -0.25) is 4.68 Å². The molecule has 2 aliphatic carbocycles. The van der Waals surface area contributed by atoms with E-state index < -0.39 is 0 Å². The molecule has 2 unspecified atom stereocenters. The zero-order valence-electron chi connectivity index (χ0n) is 13.9. The first-order chi connectivity index (χ1) is 10.1. The maximum atomic E-state index is 6.46. The zero-order valence-corrected chi connectivity index (χ0v) is 13.9. The van der Waals surface area contributed by atoms with Crippen LogP contribution in [0.25, 0.3) is 0 Å². The molecule has 2 aliphatic rings. The molecule has 0 aromatic carbocycles. The van der Waals surface area contributed by atoms with E-state index in [1.165, 1.54) is 32.1 Å². The van der Waals surface area contributed by atoms with Crippen LogP contribution in [0.5, 0.6) is 5.75 Å². The van der Waals surface area contributed by atoms with Gasteiger partial charge >= 0.3 is 0 Å². The van der Waals surface area contributed by atoms with Crippen LogP contribution in [0.15, 0.2) is 0 Å². The molecule has 1 aromatic rings. The molecule has 21 heavy (non-hydrogen) atoms. The van der Waals surface area contributed by atoms with Gasteiger partial charge in [0.1, 0.15) is 11.8 Å². The summed E-state index contributed by atoms with van der Waals surface area (Å²) in [5, 5.41) is 8.23. The van der Waals surface area contributed by atoms with Crippen molar-refractivity contribution in [2.45, 2.75) is 71.4 Å². The molecular formula is C17H29N3O. The third kappa shape index (κ3) is 2.37. The van der Waals surface area contributed by atoms with Crippen molar-refractivity contribution in [3.8, 4) is 5.75 Å². The van der Waals surface area contributed by atoms with Crippen LogP contribution >= 0.6 is 0 Å². The van der Waals surface area contributed by atoms with Crippen LogP contribution in [0, 0.1) is 19.3 Å². The molecule has 2 atom stereocenters. The highest BCUT2D eigenvalue weighted by Gasteiger charge is 2.57. The number of hydrogen-bond acceptors (Lipinski definition) is 3. The topological polar surface area (TPSA) is 39.1 Å². The van der Waals surface area contributed by atoms with Gasteiger partial charge in [0.25, 0.3) is 0 Å². The third-order valence-electron chi connectivity index (χ3n) is 5.66. The van der Waals surface area contributed by atoms with Gasteiger partial charge in [-0.15, -0.1) is 0 Å². The Morgan fingerprint density at radius 3 is 2.62 bits per heavy atom. The van der Waals surface area contributed by atoms with Gasteiger partial charge in [0, 0.05) is 24.9 Å². The Balaban J connectivity index is 1.74. The van der Waals surface area contributed by atoms with Gasteiger partial charge < -0.3 is 10.1 Å². The number of nitrogens with zero attached hydrogens (tertiary/aromatic N) is 2. The Bertz CT molecular complexity index is 502. The first-order valence-electron chi connectivity index (χ1n) is 8.48. The molecule has 0 bridgehead atoms.